The maximum absolute atomic E-state index is 13.2. The molecule has 4 rings (SSSR count). The van der Waals surface area contributed by atoms with Crippen molar-refractivity contribution in [1.29, 1.82) is 0 Å². The molecule has 2 aromatic carbocycles. The van der Waals surface area contributed by atoms with Gasteiger partial charge in [0.15, 0.2) is 5.17 Å². The lowest BCUT2D eigenvalue weighted by molar-refractivity contribution is -0.143. The van der Waals surface area contributed by atoms with Crippen molar-refractivity contribution in [3.05, 3.63) is 93.4 Å². The molecule has 0 aromatic heterocycles. The smallest absolute Gasteiger partial charge is 0.416 e. The molecule has 2 heterocycles. The van der Waals surface area contributed by atoms with Crippen molar-refractivity contribution in [3.63, 3.8) is 0 Å². The van der Waals surface area contributed by atoms with Crippen molar-refractivity contribution in [2.45, 2.75) is 52.1 Å². The Kier molecular flexibility index (Phi) is 7.96. The number of thioether (sulfide) groups is 1. The van der Waals surface area contributed by atoms with Gasteiger partial charge in [-0.25, -0.2) is 14.2 Å². The molecular weight excluding hydrogens is 522 g/mol. The van der Waals surface area contributed by atoms with Gasteiger partial charge >= 0.3 is 12.1 Å². The van der Waals surface area contributed by atoms with Crippen LogP contribution in [-0.2, 0) is 27.0 Å². The zero-order valence-electron chi connectivity index (χ0n) is 20.8. The summed E-state index contributed by atoms with van der Waals surface area (Å²) in [7, 11) is 0. The zero-order chi connectivity index (χ0) is 27.6. The van der Waals surface area contributed by atoms with E-state index in [1.54, 1.807) is 43.2 Å². The van der Waals surface area contributed by atoms with E-state index in [4.69, 9.17) is 4.74 Å². The predicted octanol–water partition coefficient (Wildman–Crippen LogP) is 6.08. The molecule has 0 saturated carbocycles. The Morgan fingerprint density at radius 1 is 1.11 bits per heavy atom. The number of amidine groups is 1. The number of rotatable bonds is 7. The van der Waals surface area contributed by atoms with Crippen molar-refractivity contribution >= 4 is 28.8 Å². The number of carbonyl (C=O) groups is 2. The number of nitrogens with one attached hydrogen (secondary N) is 1. The Labute approximate surface area is 221 Å². The number of benzene rings is 2. The highest BCUT2D eigenvalue weighted by molar-refractivity contribution is 8.16. The van der Waals surface area contributed by atoms with E-state index in [1.807, 2.05) is 0 Å². The molecule has 1 atom stereocenters. The summed E-state index contributed by atoms with van der Waals surface area (Å²) < 4.78 is 58.3. The summed E-state index contributed by atoms with van der Waals surface area (Å²) >= 11 is 1.26. The van der Waals surface area contributed by atoms with Gasteiger partial charge in [-0.15, -0.1) is 0 Å². The van der Waals surface area contributed by atoms with Gasteiger partial charge in [-0.3, -0.25) is 4.79 Å². The first-order chi connectivity index (χ1) is 17.9. The minimum atomic E-state index is -4.51. The van der Waals surface area contributed by atoms with E-state index in [0.717, 1.165) is 17.7 Å². The lowest BCUT2D eigenvalue weighted by atomic mass is 9.93. The number of hydrogen-bond donors (Lipinski definition) is 1. The normalized spacial score (nSPS) is 17.3. The first kappa shape index (κ1) is 27.4. The zero-order valence-corrected chi connectivity index (χ0v) is 21.6. The largest absolute Gasteiger partial charge is 0.459 e. The van der Waals surface area contributed by atoms with Crippen molar-refractivity contribution in [2.24, 2.45) is 4.99 Å². The molecule has 1 N–H and O–H groups in total. The third-order valence-corrected chi connectivity index (χ3v) is 6.75. The number of allylic oxidation sites excluding steroid dienone is 1. The van der Waals surface area contributed by atoms with Crippen LogP contribution in [0.25, 0.3) is 0 Å². The van der Waals surface area contributed by atoms with Crippen LogP contribution in [0.4, 0.5) is 17.6 Å². The molecular formula is C27H25F4N3O3S. The van der Waals surface area contributed by atoms with E-state index in [0.29, 0.717) is 22.1 Å². The molecule has 0 aliphatic carbocycles. The molecule has 6 nitrogen and oxygen atoms in total. The summed E-state index contributed by atoms with van der Waals surface area (Å²) in [5.74, 6) is -1.34. The van der Waals surface area contributed by atoms with E-state index in [9.17, 15) is 27.2 Å². The molecule has 0 bridgehead atoms. The summed E-state index contributed by atoms with van der Waals surface area (Å²) in [4.78, 5) is 32.2. The van der Waals surface area contributed by atoms with Crippen LogP contribution in [0.15, 0.2) is 75.9 Å². The van der Waals surface area contributed by atoms with E-state index >= 15 is 0 Å². The van der Waals surface area contributed by atoms with Crippen LogP contribution in [0, 0.1) is 5.82 Å². The number of fused-ring (bicyclic) bond motifs is 1. The first-order valence-corrected chi connectivity index (χ1v) is 12.7. The summed E-state index contributed by atoms with van der Waals surface area (Å²) in [6.07, 6.45) is -5.02. The number of alkyl halides is 3. The second-order valence-corrected chi connectivity index (χ2v) is 9.88. The second-order valence-electron chi connectivity index (χ2n) is 9.05. The predicted molar refractivity (Wildman–Crippen MR) is 136 cm³/mol. The Morgan fingerprint density at radius 2 is 1.76 bits per heavy atom. The third-order valence-electron chi connectivity index (χ3n) is 5.86. The molecule has 200 valence electrons. The summed E-state index contributed by atoms with van der Waals surface area (Å²) in [5.41, 5.74) is 1.41. The van der Waals surface area contributed by atoms with Crippen LogP contribution in [0.3, 0.4) is 0 Å². The molecule has 0 radical (unpaired) electrons. The fraction of sp³-hybridized carbons (Fsp3) is 0.296. The van der Waals surface area contributed by atoms with Gasteiger partial charge in [0.25, 0.3) is 0 Å². The summed E-state index contributed by atoms with van der Waals surface area (Å²) in [6, 6.07) is 9.45. The van der Waals surface area contributed by atoms with E-state index in [2.05, 4.69) is 10.3 Å². The summed E-state index contributed by atoms with van der Waals surface area (Å²) in [5, 5.41) is 5.01. The monoisotopic (exact) mass is 547 g/mol. The fourth-order valence-electron chi connectivity index (χ4n) is 4.11. The molecule has 0 fully saturated rings. The standard InChI is InChI=1S/C27H25F4N3O3S/c1-15(2)37-25(36)23-16(3)33-26-34(24(23)18-6-8-19(9-7-18)27(29,30)31)21(14-38-26)12-22(35)32-13-17-4-10-20(28)11-5-17/h4-11,14-15,24H,12-13H2,1-3H3,(H,32,35). The number of ether oxygens (including phenoxy) is 1. The van der Waals surface area contributed by atoms with Crippen LogP contribution >= 0.6 is 11.8 Å². The number of halogens is 4. The number of nitrogens with zero attached hydrogens (tertiary/aromatic N) is 2. The molecule has 0 saturated heterocycles. The molecule has 0 spiro atoms. The van der Waals surface area contributed by atoms with Gasteiger partial charge in [0.05, 0.1) is 35.4 Å². The molecule has 2 aliphatic heterocycles. The Bertz CT molecular complexity index is 1320. The summed E-state index contributed by atoms with van der Waals surface area (Å²) in [6.45, 7) is 5.22. The second kappa shape index (κ2) is 11.0. The number of esters is 1. The molecule has 2 aliphatic rings. The maximum Gasteiger partial charge on any atom is 0.416 e. The quantitative estimate of drug-likeness (QED) is 0.336. The number of hydrogen-bond acceptors (Lipinski definition) is 6. The maximum atomic E-state index is 13.2. The average Bonchev–Trinajstić information content (AvgIpc) is 3.23. The Hall–Kier alpha value is -3.60. The molecule has 1 unspecified atom stereocenters. The van der Waals surface area contributed by atoms with Gasteiger partial charge in [0, 0.05) is 12.2 Å². The number of aliphatic imine (C=N–C) groups is 1. The third kappa shape index (κ3) is 6.09. The van der Waals surface area contributed by atoms with Gasteiger partial charge < -0.3 is 15.0 Å². The Balaban J connectivity index is 1.63. The topological polar surface area (TPSA) is 71.0 Å². The van der Waals surface area contributed by atoms with Crippen LogP contribution in [0.2, 0.25) is 0 Å². The van der Waals surface area contributed by atoms with Crippen molar-refractivity contribution < 1.29 is 31.9 Å². The number of carbonyl (C=O) groups excluding carboxylic acids is 2. The van der Waals surface area contributed by atoms with Gasteiger partial charge in [-0.2, -0.15) is 13.2 Å². The van der Waals surface area contributed by atoms with Crippen LogP contribution in [-0.4, -0.2) is 28.0 Å². The van der Waals surface area contributed by atoms with Crippen molar-refractivity contribution in [3.8, 4) is 0 Å². The van der Waals surface area contributed by atoms with E-state index < -0.39 is 29.9 Å². The van der Waals surface area contributed by atoms with Crippen LogP contribution < -0.4 is 5.32 Å². The molecule has 11 heteroatoms. The van der Waals surface area contributed by atoms with Crippen LogP contribution in [0.5, 0.6) is 0 Å². The SMILES string of the molecule is CC1=C(C(=O)OC(C)C)C(c2ccc(C(F)(F)F)cc2)N2C(CC(=O)NCc3ccc(F)cc3)=CSC2=N1. The van der Waals surface area contributed by atoms with Gasteiger partial charge in [0.1, 0.15) is 5.82 Å². The molecule has 2 aromatic rings. The lowest BCUT2D eigenvalue weighted by Gasteiger charge is -2.36. The first-order valence-electron chi connectivity index (χ1n) is 11.8. The molecule has 38 heavy (non-hydrogen) atoms. The minimum Gasteiger partial charge on any atom is -0.459 e. The van der Waals surface area contributed by atoms with Gasteiger partial charge in [-0.05, 0) is 61.6 Å². The Morgan fingerprint density at radius 3 is 2.37 bits per heavy atom. The van der Waals surface area contributed by atoms with Gasteiger partial charge in [0.2, 0.25) is 5.91 Å². The minimum absolute atomic E-state index is 0.0735. The van der Waals surface area contributed by atoms with Gasteiger partial charge in [-0.1, -0.05) is 36.0 Å². The average molecular weight is 548 g/mol. The molecule has 1 amide bonds. The number of amides is 1. The fourth-order valence-corrected chi connectivity index (χ4v) is 5.07. The van der Waals surface area contributed by atoms with Crippen LogP contribution in [0.1, 0.15) is 49.9 Å². The van der Waals surface area contributed by atoms with E-state index in [-0.39, 0.29) is 30.3 Å². The highest BCUT2D eigenvalue weighted by atomic mass is 32.2. The lowest BCUT2D eigenvalue weighted by Crippen LogP contribution is -2.38. The highest BCUT2D eigenvalue weighted by Crippen LogP contribution is 2.45. The van der Waals surface area contributed by atoms with Crippen molar-refractivity contribution in [2.75, 3.05) is 0 Å². The highest BCUT2D eigenvalue weighted by Gasteiger charge is 2.41. The van der Waals surface area contributed by atoms with Crippen molar-refractivity contribution in [1.82, 2.24) is 10.2 Å². The van der Waals surface area contributed by atoms with E-state index in [1.165, 1.54) is 36.0 Å².